The Kier molecular flexibility index (Phi) is 7.70. The molecule has 84 valence electrons. The van der Waals surface area contributed by atoms with Crippen LogP contribution in [0.2, 0.25) is 0 Å². The van der Waals surface area contributed by atoms with Gasteiger partial charge in [-0.05, 0) is 18.8 Å². The molecule has 0 heterocycles. The third kappa shape index (κ3) is 9.67. The molecule has 0 bridgehead atoms. The van der Waals surface area contributed by atoms with Gasteiger partial charge in [0.05, 0.1) is 6.61 Å². The van der Waals surface area contributed by atoms with Crippen LogP contribution in [-0.4, -0.2) is 27.1 Å². The average Bonchev–Trinajstić information content (AvgIpc) is 2.08. The third-order valence-electron chi connectivity index (χ3n) is 1.52. The summed E-state index contributed by atoms with van der Waals surface area (Å²) in [5, 5.41) is 0. The van der Waals surface area contributed by atoms with Crippen LogP contribution in [-0.2, 0) is 20.6 Å². The normalized spacial score (nSPS) is 12.9. The lowest BCUT2D eigenvalue weighted by Gasteiger charge is -2.07. The first-order chi connectivity index (χ1) is 6.52. The Morgan fingerprint density at radius 3 is 2.57 bits per heavy atom. The van der Waals surface area contributed by atoms with E-state index in [4.69, 9.17) is 4.74 Å². The van der Waals surface area contributed by atoms with Gasteiger partial charge in [-0.3, -0.25) is 9.00 Å². The molecular formula is C9H17O4S-. The molecule has 0 saturated heterocycles. The first kappa shape index (κ1) is 13.6. The maximum atomic E-state index is 11.0. The lowest BCUT2D eigenvalue weighted by Crippen LogP contribution is -2.09. The standard InChI is InChI=1S/C9H18O4S/c1-8(2)7-13-9(10)5-3-4-6-14(11)12/h8H,3-7H2,1-2H3,(H,11,12)/p-1. The molecule has 1 unspecified atom stereocenters. The van der Waals surface area contributed by atoms with Crippen LogP contribution in [0.3, 0.4) is 0 Å². The highest BCUT2D eigenvalue weighted by molar-refractivity contribution is 7.79. The molecule has 0 saturated carbocycles. The minimum atomic E-state index is -1.99. The average molecular weight is 221 g/mol. The minimum Gasteiger partial charge on any atom is -0.772 e. The van der Waals surface area contributed by atoms with E-state index < -0.39 is 11.1 Å². The summed E-state index contributed by atoms with van der Waals surface area (Å²) in [6.45, 7) is 4.37. The summed E-state index contributed by atoms with van der Waals surface area (Å²) in [5.74, 6) is 0.223. The molecule has 0 aromatic heterocycles. The van der Waals surface area contributed by atoms with Crippen LogP contribution in [0.15, 0.2) is 0 Å². The van der Waals surface area contributed by atoms with Gasteiger partial charge in [0, 0.05) is 12.2 Å². The van der Waals surface area contributed by atoms with Gasteiger partial charge in [0.2, 0.25) is 0 Å². The van der Waals surface area contributed by atoms with Gasteiger partial charge in [0.25, 0.3) is 0 Å². The number of hydrogen-bond donors (Lipinski definition) is 0. The van der Waals surface area contributed by atoms with E-state index in [0.29, 0.717) is 31.8 Å². The quantitative estimate of drug-likeness (QED) is 0.368. The van der Waals surface area contributed by atoms with Crippen molar-refractivity contribution in [2.45, 2.75) is 33.1 Å². The molecule has 5 heteroatoms. The van der Waals surface area contributed by atoms with Crippen LogP contribution in [0.25, 0.3) is 0 Å². The van der Waals surface area contributed by atoms with Crippen molar-refractivity contribution in [2.75, 3.05) is 12.4 Å². The molecule has 0 aromatic carbocycles. The predicted octanol–water partition coefficient (Wildman–Crippen LogP) is 1.24. The molecule has 1 atom stereocenters. The van der Waals surface area contributed by atoms with E-state index in [2.05, 4.69) is 0 Å². The van der Waals surface area contributed by atoms with Gasteiger partial charge in [0.1, 0.15) is 0 Å². The fourth-order valence-electron chi connectivity index (χ4n) is 0.821. The Bertz CT molecular complexity index is 191. The maximum absolute atomic E-state index is 11.0. The second kappa shape index (κ2) is 7.94. The van der Waals surface area contributed by atoms with E-state index in [1.165, 1.54) is 0 Å². The van der Waals surface area contributed by atoms with Crippen LogP contribution in [0.1, 0.15) is 33.1 Å². The van der Waals surface area contributed by atoms with E-state index in [0.717, 1.165) is 0 Å². The number of hydrogen-bond acceptors (Lipinski definition) is 4. The second-order valence-corrected chi connectivity index (χ2v) is 4.56. The van der Waals surface area contributed by atoms with Gasteiger partial charge in [-0.1, -0.05) is 24.9 Å². The molecule has 0 aliphatic heterocycles. The van der Waals surface area contributed by atoms with E-state index in [9.17, 15) is 13.6 Å². The monoisotopic (exact) mass is 221 g/mol. The van der Waals surface area contributed by atoms with Crippen LogP contribution in [0.4, 0.5) is 0 Å². The second-order valence-electron chi connectivity index (χ2n) is 3.54. The Morgan fingerprint density at radius 1 is 1.43 bits per heavy atom. The Labute approximate surface area is 87.3 Å². The third-order valence-corrected chi connectivity index (χ3v) is 2.14. The number of esters is 1. The van der Waals surface area contributed by atoms with Gasteiger partial charge in [0.15, 0.2) is 0 Å². The summed E-state index contributed by atoms with van der Waals surface area (Å²) in [5.41, 5.74) is 0. The van der Waals surface area contributed by atoms with Crippen molar-refractivity contribution in [3.8, 4) is 0 Å². The summed E-state index contributed by atoms with van der Waals surface area (Å²) in [4.78, 5) is 11.0. The molecule has 4 nitrogen and oxygen atoms in total. The van der Waals surface area contributed by atoms with Crippen molar-refractivity contribution in [3.63, 3.8) is 0 Å². The van der Waals surface area contributed by atoms with Crippen molar-refractivity contribution in [2.24, 2.45) is 5.92 Å². The molecule has 0 spiro atoms. The Balaban J connectivity index is 3.31. The number of carbonyl (C=O) groups excluding carboxylic acids is 1. The lowest BCUT2D eigenvalue weighted by molar-refractivity contribution is -0.144. The molecule has 0 fully saturated rings. The number of carbonyl (C=O) groups is 1. The van der Waals surface area contributed by atoms with Gasteiger partial charge >= 0.3 is 5.97 Å². The first-order valence-corrected chi connectivity index (χ1v) is 5.98. The van der Waals surface area contributed by atoms with Crippen LogP contribution in [0, 0.1) is 5.92 Å². The molecule has 14 heavy (non-hydrogen) atoms. The SMILES string of the molecule is CC(C)COC(=O)CCCCS(=O)[O-]. The summed E-state index contributed by atoms with van der Waals surface area (Å²) >= 11 is -1.99. The zero-order valence-corrected chi connectivity index (χ0v) is 9.47. The fourth-order valence-corrected chi connectivity index (χ4v) is 1.26. The van der Waals surface area contributed by atoms with Crippen molar-refractivity contribution >= 4 is 17.0 Å². The molecule has 0 aliphatic carbocycles. The van der Waals surface area contributed by atoms with Crippen LogP contribution < -0.4 is 0 Å². The molecule has 0 N–H and O–H groups in total. The number of unbranched alkanes of at least 4 members (excludes halogenated alkanes) is 1. The largest absolute Gasteiger partial charge is 0.772 e. The molecule has 0 aliphatic rings. The summed E-state index contributed by atoms with van der Waals surface area (Å²) in [7, 11) is 0. The number of rotatable bonds is 7. The highest BCUT2D eigenvalue weighted by Gasteiger charge is 2.03. The summed E-state index contributed by atoms with van der Waals surface area (Å²) in [6.07, 6.45) is 1.40. The van der Waals surface area contributed by atoms with Crippen molar-refractivity contribution in [3.05, 3.63) is 0 Å². The van der Waals surface area contributed by atoms with Gasteiger partial charge in [-0.15, -0.1) is 0 Å². The van der Waals surface area contributed by atoms with E-state index in [1.54, 1.807) is 0 Å². The van der Waals surface area contributed by atoms with Crippen molar-refractivity contribution in [1.29, 1.82) is 0 Å². The molecular weight excluding hydrogens is 204 g/mol. The zero-order chi connectivity index (χ0) is 11.0. The Morgan fingerprint density at radius 2 is 2.07 bits per heavy atom. The Hall–Kier alpha value is -0.420. The molecule has 0 amide bonds. The van der Waals surface area contributed by atoms with Crippen molar-refractivity contribution < 1.29 is 18.3 Å². The smallest absolute Gasteiger partial charge is 0.305 e. The molecule has 0 aromatic rings. The molecule has 0 rings (SSSR count). The van der Waals surface area contributed by atoms with Gasteiger partial charge < -0.3 is 9.29 Å². The zero-order valence-electron chi connectivity index (χ0n) is 8.65. The molecule has 0 radical (unpaired) electrons. The van der Waals surface area contributed by atoms with E-state index in [-0.39, 0.29) is 11.7 Å². The van der Waals surface area contributed by atoms with Crippen LogP contribution in [0.5, 0.6) is 0 Å². The van der Waals surface area contributed by atoms with Gasteiger partial charge in [-0.25, -0.2) is 0 Å². The van der Waals surface area contributed by atoms with E-state index in [1.807, 2.05) is 13.8 Å². The fraction of sp³-hybridized carbons (Fsp3) is 0.889. The highest BCUT2D eigenvalue weighted by Crippen LogP contribution is 2.00. The van der Waals surface area contributed by atoms with Crippen LogP contribution >= 0.6 is 0 Å². The summed E-state index contributed by atoms with van der Waals surface area (Å²) < 4.78 is 25.2. The van der Waals surface area contributed by atoms with E-state index >= 15 is 0 Å². The predicted molar refractivity (Wildman–Crippen MR) is 53.4 cm³/mol. The minimum absolute atomic E-state index is 0.122. The summed E-state index contributed by atoms with van der Waals surface area (Å²) in [6, 6.07) is 0. The first-order valence-electron chi connectivity index (χ1n) is 4.74. The lowest BCUT2D eigenvalue weighted by atomic mass is 10.2. The topological polar surface area (TPSA) is 66.4 Å². The van der Waals surface area contributed by atoms with Crippen molar-refractivity contribution in [1.82, 2.24) is 0 Å². The highest BCUT2D eigenvalue weighted by atomic mass is 32.2. The maximum Gasteiger partial charge on any atom is 0.305 e. The number of ether oxygens (including phenoxy) is 1. The van der Waals surface area contributed by atoms with Gasteiger partial charge in [-0.2, -0.15) is 0 Å².